The van der Waals surface area contributed by atoms with Crippen LogP contribution in [-0.4, -0.2) is 0 Å². The van der Waals surface area contributed by atoms with Crippen molar-refractivity contribution < 1.29 is 4.39 Å². The molecule has 0 aliphatic heterocycles. The van der Waals surface area contributed by atoms with Crippen LogP contribution in [0, 0.1) is 12.7 Å². The van der Waals surface area contributed by atoms with E-state index in [-0.39, 0.29) is 11.2 Å². The van der Waals surface area contributed by atoms with Gasteiger partial charge in [-0.1, -0.05) is 17.7 Å². The molecule has 0 saturated carbocycles. The number of benzene rings is 1. The number of halogens is 4. The van der Waals surface area contributed by atoms with Crippen LogP contribution >= 0.6 is 50.5 Å². The van der Waals surface area contributed by atoms with Crippen LogP contribution < -0.4 is 0 Å². The third-order valence-corrected chi connectivity index (χ3v) is 5.21. The lowest BCUT2D eigenvalue weighted by Crippen LogP contribution is -1.91. The van der Waals surface area contributed by atoms with Gasteiger partial charge in [-0.2, -0.15) is 0 Å². The zero-order valence-corrected chi connectivity index (χ0v) is 12.7. The molecule has 5 heteroatoms. The molecule has 0 bridgehead atoms. The summed E-state index contributed by atoms with van der Waals surface area (Å²) >= 11 is 17.0. The Labute approximate surface area is 121 Å². The second-order valence-corrected chi connectivity index (χ2v) is 6.62. The van der Waals surface area contributed by atoms with Gasteiger partial charge in [-0.25, -0.2) is 4.39 Å². The molecule has 2 aromatic rings. The summed E-state index contributed by atoms with van der Waals surface area (Å²) in [5.41, 5.74) is 1.86. The molecule has 1 aromatic carbocycles. The van der Waals surface area contributed by atoms with E-state index in [0.717, 1.165) is 20.3 Å². The highest BCUT2D eigenvalue weighted by molar-refractivity contribution is 9.10. The van der Waals surface area contributed by atoms with Crippen molar-refractivity contribution in [3.63, 3.8) is 0 Å². The fraction of sp³-hybridized carbons (Fsp3) is 0.167. The first kappa shape index (κ1) is 13.3. The highest BCUT2D eigenvalue weighted by atomic mass is 79.9. The molecular weight excluding hydrogens is 346 g/mol. The molecule has 0 N–H and O–H groups in total. The Bertz CT molecular complexity index is 534. The largest absolute Gasteiger partial charge is 0.206 e. The number of rotatable bonds is 2. The molecule has 17 heavy (non-hydrogen) atoms. The van der Waals surface area contributed by atoms with Gasteiger partial charge in [-0.15, -0.1) is 22.9 Å². The Morgan fingerprint density at radius 1 is 1.35 bits per heavy atom. The molecule has 0 saturated heterocycles. The van der Waals surface area contributed by atoms with E-state index in [4.69, 9.17) is 23.2 Å². The Balaban J connectivity index is 2.36. The molecule has 2 rings (SSSR count). The summed E-state index contributed by atoms with van der Waals surface area (Å²) in [6.07, 6.45) is 0. The predicted octanol–water partition coefficient (Wildman–Crippen LogP) is 5.94. The zero-order chi connectivity index (χ0) is 12.6. The van der Waals surface area contributed by atoms with Gasteiger partial charge in [0.2, 0.25) is 0 Å². The van der Waals surface area contributed by atoms with E-state index in [0.29, 0.717) is 4.47 Å². The van der Waals surface area contributed by atoms with Crippen molar-refractivity contribution in [1.29, 1.82) is 0 Å². The molecule has 0 aliphatic rings. The monoisotopic (exact) mass is 352 g/mol. The first-order chi connectivity index (χ1) is 7.99. The molecule has 0 spiro atoms. The van der Waals surface area contributed by atoms with Crippen molar-refractivity contribution in [2.75, 3.05) is 0 Å². The lowest BCUT2D eigenvalue weighted by atomic mass is 10.1. The number of hydrogen-bond acceptors (Lipinski definition) is 1. The highest BCUT2D eigenvalue weighted by Crippen LogP contribution is 2.38. The van der Waals surface area contributed by atoms with Crippen molar-refractivity contribution >= 4 is 50.5 Å². The van der Waals surface area contributed by atoms with Crippen LogP contribution in [0.4, 0.5) is 4.39 Å². The first-order valence-electron chi connectivity index (χ1n) is 4.84. The number of alkyl halides is 1. The molecule has 0 nitrogen and oxygen atoms in total. The summed E-state index contributed by atoms with van der Waals surface area (Å²) < 4.78 is 14.3. The SMILES string of the molecule is Cc1cc(C(Cl)c2ccc(F)c(Br)c2)sc1Cl. The van der Waals surface area contributed by atoms with Gasteiger partial charge in [-0.05, 0) is 52.2 Å². The van der Waals surface area contributed by atoms with Crippen molar-refractivity contribution in [2.24, 2.45) is 0 Å². The fourth-order valence-corrected chi connectivity index (χ4v) is 3.40. The Morgan fingerprint density at radius 3 is 2.59 bits per heavy atom. The van der Waals surface area contributed by atoms with Crippen molar-refractivity contribution in [1.82, 2.24) is 0 Å². The molecule has 0 fully saturated rings. The van der Waals surface area contributed by atoms with E-state index < -0.39 is 0 Å². The minimum Gasteiger partial charge on any atom is -0.206 e. The van der Waals surface area contributed by atoms with Crippen molar-refractivity contribution in [3.05, 3.63) is 54.9 Å². The first-order valence-corrected chi connectivity index (χ1v) is 7.26. The number of aryl methyl sites for hydroxylation is 1. The molecule has 1 unspecified atom stereocenters. The number of hydrogen-bond donors (Lipinski definition) is 0. The molecule has 1 aromatic heterocycles. The normalized spacial score (nSPS) is 12.8. The fourth-order valence-electron chi connectivity index (χ4n) is 1.44. The smallest absolute Gasteiger partial charge is 0.137 e. The van der Waals surface area contributed by atoms with E-state index >= 15 is 0 Å². The Hall–Kier alpha value is -0.0900. The summed E-state index contributed by atoms with van der Waals surface area (Å²) in [6.45, 7) is 1.94. The van der Waals surface area contributed by atoms with Gasteiger partial charge in [0.05, 0.1) is 14.2 Å². The quantitative estimate of drug-likeness (QED) is 0.586. The summed E-state index contributed by atoms with van der Waals surface area (Å²) in [5, 5.41) is -0.303. The van der Waals surface area contributed by atoms with Crippen LogP contribution in [0.3, 0.4) is 0 Å². The molecule has 1 heterocycles. The molecule has 0 aliphatic carbocycles. The molecule has 90 valence electrons. The lowest BCUT2D eigenvalue weighted by molar-refractivity contribution is 0.620. The molecule has 0 amide bonds. The van der Waals surface area contributed by atoms with E-state index in [1.807, 2.05) is 13.0 Å². The Kier molecular flexibility index (Phi) is 4.14. The van der Waals surface area contributed by atoms with Crippen LogP contribution in [0.2, 0.25) is 4.34 Å². The summed E-state index contributed by atoms with van der Waals surface area (Å²) in [6, 6.07) is 6.73. The average Bonchev–Trinajstić information content (AvgIpc) is 2.62. The maximum Gasteiger partial charge on any atom is 0.137 e. The molecule has 0 radical (unpaired) electrons. The maximum atomic E-state index is 13.1. The van der Waals surface area contributed by atoms with Crippen LogP contribution in [0.5, 0.6) is 0 Å². The average molecular weight is 354 g/mol. The second-order valence-electron chi connectivity index (χ2n) is 3.64. The summed E-state index contributed by atoms with van der Waals surface area (Å²) in [4.78, 5) is 0.965. The summed E-state index contributed by atoms with van der Waals surface area (Å²) in [7, 11) is 0. The van der Waals surface area contributed by atoms with Crippen molar-refractivity contribution in [2.45, 2.75) is 12.3 Å². The van der Waals surface area contributed by atoms with Gasteiger partial charge in [0.15, 0.2) is 0 Å². The number of thiophene rings is 1. The third-order valence-electron chi connectivity index (χ3n) is 2.36. The third kappa shape index (κ3) is 2.84. The van der Waals surface area contributed by atoms with Crippen LogP contribution in [0.1, 0.15) is 21.4 Å². The van der Waals surface area contributed by atoms with Gasteiger partial charge in [-0.3, -0.25) is 0 Å². The summed E-state index contributed by atoms with van der Waals surface area (Å²) in [5.74, 6) is -0.294. The highest BCUT2D eigenvalue weighted by Gasteiger charge is 2.16. The molecular formula is C12H8BrCl2FS. The van der Waals surface area contributed by atoms with Gasteiger partial charge in [0, 0.05) is 4.88 Å². The zero-order valence-electron chi connectivity index (χ0n) is 8.81. The van der Waals surface area contributed by atoms with Gasteiger partial charge in [0.1, 0.15) is 5.82 Å². The van der Waals surface area contributed by atoms with Gasteiger partial charge < -0.3 is 0 Å². The predicted molar refractivity (Wildman–Crippen MR) is 75.9 cm³/mol. The standard InChI is InChI=1S/C12H8BrCl2FS/c1-6-4-10(17-12(6)15)11(14)7-2-3-9(16)8(13)5-7/h2-5,11H,1H3. The minimum absolute atomic E-state index is 0.294. The second kappa shape index (κ2) is 5.27. The van der Waals surface area contributed by atoms with E-state index in [1.165, 1.54) is 17.4 Å². The van der Waals surface area contributed by atoms with E-state index in [1.54, 1.807) is 12.1 Å². The van der Waals surface area contributed by atoms with E-state index in [9.17, 15) is 4.39 Å². The van der Waals surface area contributed by atoms with Crippen molar-refractivity contribution in [3.8, 4) is 0 Å². The van der Waals surface area contributed by atoms with Gasteiger partial charge >= 0.3 is 0 Å². The maximum absolute atomic E-state index is 13.1. The van der Waals surface area contributed by atoms with Crippen LogP contribution in [-0.2, 0) is 0 Å². The Morgan fingerprint density at radius 2 is 2.06 bits per heavy atom. The van der Waals surface area contributed by atoms with Crippen LogP contribution in [0.15, 0.2) is 28.7 Å². The van der Waals surface area contributed by atoms with Gasteiger partial charge in [0.25, 0.3) is 0 Å². The minimum atomic E-state index is -0.303. The van der Waals surface area contributed by atoms with Crippen LogP contribution in [0.25, 0.3) is 0 Å². The topological polar surface area (TPSA) is 0 Å². The lowest BCUT2D eigenvalue weighted by Gasteiger charge is -2.08. The van der Waals surface area contributed by atoms with E-state index in [2.05, 4.69) is 15.9 Å². The molecule has 1 atom stereocenters.